The molecule has 0 unspecified atom stereocenters. The van der Waals surface area contributed by atoms with Crippen molar-refractivity contribution < 1.29 is 9.59 Å². The highest BCUT2D eigenvalue weighted by atomic mass is 79.9. The number of aromatic nitrogens is 1. The second-order valence-corrected chi connectivity index (χ2v) is 8.58. The third-order valence-corrected chi connectivity index (χ3v) is 6.73. The maximum absolute atomic E-state index is 12.9. The molecule has 0 spiro atoms. The van der Waals surface area contributed by atoms with E-state index in [1.165, 1.54) is 5.69 Å². The van der Waals surface area contributed by atoms with Gasteiger partial charge >= 0.3 is 0 Å². The molecule has 2 aliphatic heterocycles. The highest BCUT2D eigenvalue weighted by Gasteiger charge is 2.32. The van der Waals surface area contributed by atoms with Gasteiger partial charge in [-0.1, -0.05) is 12.1 Å². The summed E-state index contributed by atoms with van der Waals surface area (Å²) in [6.07, 6.45) is 4.94. The number of benzene rings is 1. The molecule has 0 aliphatic carbocycles. The monoisotopic (exact) mass is 444 g/mol. The molecule has 2 saturated heterocycles. The average Bonchev–Trinajstić information content (AvgIpc) is 2.73. The SMILES string of the molecule is NC(=O)C1CCN(C(=O)C2CCN(c3ccnc4c(Br)cccc34)CC2)CC1. The van der Waals surface area contributed by atoms with E-state index in [0.717, 1.165) is 41.3 Å². The number of rotatable bonds is 3. The fourth-order valence-corrected chi connectivity index (χ4v) is 4.88. The lowest BCUT2D eigenvalue weighted by Gasteiger charge is -2.37. The van der Waals surface area contributed by atoms with E-state index >= 15 is 0 Å². The standard InChI is InChI=1S/C21H25BrN4O2/c22-17-3-1-2-16-18(4-9-24-19(16)17)25-10-7-15(8-11-25)21(28)26-12-5-14(6-13-26)20(23)27/h1-4,9,14-15H,5-8,10-13H2,(H2,23,27). The van der Waals surface area contributed by atoms with Gasteiger partial charge in [0.15, 0.2) is 0 Å². The van der Waals surface area contributed by atoms with Gasteiger partial charge in [0.05, 0.1) is 5.52 Å². The Morgan fingerprint density at radius 1 is 1.00 bits per heavy atom. The van der Waals surface area contributed by atoms with Crippen LogP contribution in [0, 0.1) is 11.8 Å². The zero-order chi connectivity index (χ0) is 19.7. The number of primary amides is 1. The Hall–Kier alpha value is -2.15. The zero-order valence-corrected chi connectivity index (χ0v) is 17.4. The summed E-state index contributed by atoms with van der Waals surface area (Å²) in [7, 11) is 0. The molecule has 28 heavy (non-hydrogen) atoms. The van der Waals surface area contributed by atoms with Crippen molar-refractivity contribution in [2.75, 3.05) is 31.1 Å². The van der Waals surface area contributed by atoms with Gasteiger partial charge in [-0.15, -0.1) is 0 Å². The summed E-state index contributed by atoms with van der Waals surface area (Å²) in [5, 5.41) is 1.13. The first-order valence-corrected chi connectivity index (χ1v) is 10.7. The number of hydrogen-bond acceptors (Lipinski definition) is 4. The van der Waals surface area contributed by atoms with Gasteiger partial charge in [-0.25, -0.2) is 0 Å². The first kappa shape index (κ1) is 19.2. The van der Waals surface area contributed by atoms with Crippen molar-refractivity contribution in [2.24, 2.45) is 17.6 Å². The molecule has 2 fully saturated rings. The first-order valence-electron chi connectivity index (χ1n) is 9.91. The second kappa shape index (κ2) is 8.07. The van der Waals surface area contributed by atoms with Crippen molar-refractivity contribution in [2.45, 2.75) is 25.7 Å². The third-order valence-electron chi connectivity index (χ3n) is 6.09. The molecule has 2 N–H and O–H groups in total. The van der Waals surface area contributed by atoms with Gasteiger partial charge in [0, 0.05) is 59.8 Å². The van der Waals surface area contributed by atoms with Crippen LogP contribution in [0.4, 0.5) is 5.69 Å². The van der Waals surface area contributed by atoms with Crippen LogP contribution in [0.1, 0.15) is 25.7 Å². The van der Waals surface area contributed by atoms with Crippen molar-refractivity contribution >= 4 is 44.3 Å². The minimum absolute atomic E-state index is 0.0706. The summed E-state index contributed by atoms with van der Waals surface area (Å²) in [4.78, 5) is 33.0. The van der Waals surface area contributed by atoms with Crippen LogP contribution < -0.4 is 10.6 Å². The minimum Gasteiger partial charge on any atom is -0.371 e. The molecular weight excluding hydrogens is 420 g/mol. The van der Waals surface area contributed by atoms with Crippen molar-refractivity contribution in [3.63, 3.8) is 0 Å². The van der Waals surface area contributed by atoms with Gasteiger partial charge in [-0.05, 0) is 53.7 Å². The predicted octanol–water partition coefficient (Wildman–Crippen LogP) is 2.94. The number of carbonyl (C=O) groups is 2. The number of hydrogen-bond donors (Lipinski definition) is 1. The Bertz CT molecular complexity index is 887. The van der Waals surface area contributed by atoms with E-state index in [1.54, 1.807) is 0 Å². The zero-order valence-electron chi connectivity index (χ0n) is 15.8. The fraction of sp³-hybridized carbons (Fsp3) is 0.476. The Labute approximate surface area is 173 Å². The number of piperidine rings is 2. The Balaban J connectivity index is 1.40. The first-order chi connectivity index (χ1) is 13.5. The quantitative estimate of drug-likeness (QED) is 0.788. The van der Waals surface area contributed by atoms with Crippen LogP contribution in [0.15, 0.2) is 34.9 Å². The van der Waals surface area contributed by atoms with E-state index in [2.05, 4.69) is 37.9 Å². The van der Waals surface area contributed by atoms with Crippen LogP contribution >= 0.6 is 15.9 Å². The number of halogens is 1. The van der Waals surface area contributed by atoms with Crippen molar-refractivity contribution in [3.05, 3.63) is 34.9 Å². The van der Waals surface area contributed by atoms with Gasteiger partial charge in [-0.3, -0.25) is 14.6 Å². The smallest absolute Gasteiger partial charge is 0.225 e. The lowest BCUT2D eigenvalue weighted by molar-refractivity contribution is -0.139. The summed E-state index contributed by atoms with van der Waals surface area (Å²) in [5.74, 6) is -0.00655. The molecule has 0 atom stereocenters. The summed E-state index contributed by atoms with van der Waals surface area (Å²) in [6, 6.07) is 8.20. The lowest BCUT2D eigenvalue weighted by atomic mass is 9.91. The number of fused-ring (bicyclic) bond motifs is 1. The molecule has 6 nitrogen and oxygen atoms in total. The van der Waals surface area contributed by atoms with Crippen molar-refractivity contribution in [3.8, 4) is 0 Å². The maximum atomic E-state index is 12.9. The number of pyridine rings is 1. The molecule has 7 heteroatoms. The number of amides is 2. The van der Waals surface area contributed by atoms with Gasteiger partial charge < -0.3 is 15.5 Å². The van der Waals surface area contributed by atoms with Crippen LogP contribution in [-0.2, 0) is 9.59 Å². The molecule has 0 saturated carbocycles. The number of likely N-dealkylation sites (tertiary alicyclic amines) is 1. The molecule has 0 radical (unpaired) electrons. The van der Waals surface area contributed by atoms with Crippen LogP contribution in [0.25, 0.3) is 10.9 Å². The van der Waals surface area contributed by atoms with Crippen LogP contribution in [0.2, 0.25) is 0 Å². The number of carbonyl (C=O) groups excluding carboxylic acids is 2. The van der Waals surface area contributed by atoms with Gasteiger partial charge in [-0.2, -0.15) is 0 Å². The molecule has 1 aromatic carbocycles. The highest BCUT2D eigenvalue weighted by Crippen LogP contribution is 2.33. The topological polar surface area (TPSA) is 79.5 Å². The number of nitrogens with two attached hydrogens (primary N) is 1. The van der Waals surface area contributed by atoms with E-state index < -0.39 is 0 Å². The summed E-state index contributed by atoms with van der Waals surface area (Å²) in [6.45, 7) is 3.02. The van der Waals surface area contributed by atoms with Crippen molar-refractivity contribution in [1.82, 2.24) is 9.88 Å². The molecule has 1 aromatic heterocycles. The molecule has 0 bridgehead atoms. The Morgan fingerprint density at radius 2 is 1.68 bits per heavy atom. The third kappa shape index (κ3) is 3.72. The molecule has 3 heterocycles. The predicted molar refractivity (Wildman–Crippen MR) is 113 cm³/mol. The van der Waals surface area contributed by atoms with E-state index in [9.17, 15) is 9.59 Å². The summed E-state index contributed by atoms with van der Waals surface area (Å²) in [5.41, 5.74) is 7.54. The number of nitrogens with zero attached hydrogens (tertiary/aromatic N) is 3. The van der Waals surface area contributed by atoms with E-state index in [0.29, 0.717) is 25.9 Å². The van der Waals surface area contributed by atoms with Gasteiger partial charge in [0.25, 0.3) is 0 Å². The van der Waals surface area contributed by atoms with E-state index in [4.69, 9.17) is 5.73 Å². The highest BCUT2D eigenvalue weighted by molar-refractivity contribution is 9.10. The fourth-order valence-electron chi connectivity index (χ4n) is 4.41. The molecule has 148 valence electrons. The van der Waals surface area contributed by atoms with E-state index in [1.807, 2.05) is 23.2 Å². The second-order valence-electron chi connectivity index (χ2n) is 7.73. The van der Waals surface area contributed by atoms with Crippen LogP contribution in [0.5, 0.6) is 0 Å². The number of anilines is 1. The molecule has 2 aromatic rings. The molecule has 2 aliphatic rings. The largest absolute Gasteiger partial charge is 0.371 e. The summed E-state index contributed by atoms with van der Waals surface area (Å²) < 4.78 is 0.997. The van der Waals surface area contributed by atoms with Gasteiger partial charge in [0.2, 0.25) is 11.8 Å². The molecule has 2 amide bonds. The van der Waals surface area contributed by atoms with Crippen LogP contribution in [-0.4, -0.2) is 47.9 Å². The average molecular weight is 445 g/mol. The Kier molecular flexibility index (Phi) is 5.53. The summed E-state index contributed by atoms with van der Waals surface area (Å²) >= 11 is 3.58. The van der Waals surface area contributed by atoms with E-state index in [-0.39, 0.29) is 23.7 Å². The molecular formula is C21H25BrN4O2. The van der Waals surface area contributed by atoms with Crippen molar-refractivity contribution in [1.29, 1.82) is 0 Å². The minimum atomic E-state index is -0.239. The lowest BCUT2D eigenvalue weighted by Crippen LogP contribution is -2.46. The molecule has 4 rings (SSSR count). The normalized spacial score (nSPS) is 19.2. The number of para-hydroxylation sites is 1. The van der Waals surface area contributed by atoms with Gasteiger partial charge in [0.1, 0.15) is 0 Å². The maximum Gasteiger partial charge on any atom is 0.225 e. The Morgan fingerprint density at radius 3 is 2.36 bits per heavy atom. The van der Waals surface area contributed by atoms with Crippen LogP contribution in [0.3, 0.4) is 0 Å².